The van der Waals surface area contributed by atoms with Gasteiger partial charge in [0.2, 0.25) is 0 Å². The lowest BCUT2D eigenvalue weighted by Crippen LogP contribution is -2.62. The van der Waals surface area contributed by atoms with Crippen LogP contribution in [0.5, 0.6) is 0 Å². The van der Waals surface area contributed by atoms with Gasteiger partial charge in [0.25, 0.3) is 0 Å². The quantitative estimate of drug-likeness (QED) is 0.755. The number of piperazine rings is 1. The van der Waals surface area contributed by atoms with Gasteiger partial charge in [-0.25, -0.2) is 0 Å². The topological polar surface area (TPSA) is 24.5 Å². The fourth-order valence-electron chi connectivity index (χ4n) is 2.75. The van der Waals surface area contributed by atoms with E-state index in [0.29, 0.717) is 6.04 Å². The molecule has 0 aromatic rings. The molecule has 0 spiro atoms. The van der Waals surface area contributed by atoms with Gasteiger partial charge < -0.3 is 10.1 Å². The molecule has 0 radical (unpaired) electrons. The van der Waals surface area contributed by atoms with Gasteiger partial charge in [-0.3, -0.25) is 4.90 Å². The third-order valence-corrected chi connectivity index (χ3v) is 3.77. The fraction of sp³-hybridized carbons (Fsp3) is 1.00. The van der Waals surface area contributed by atoms with Gasteiger partial charge in [-0.15, -0.1) is 0 Å². The maximum absolute atomic E-state index is 5.39. The van der Waals surface area contributed by atoms with E-state index >= 15 is 0 Å². The van der Waals surface area contributed by atoms with Crippen LogP contribution in [0.4, 0.5) is 0 Å². The number of ether oxygens (including phenoxy) is 1. The molecular weight excluding hydrogens is 188 g/mol. The SMILES string of the molecule is COCC(C1CC1)N1CCNCC1(C)C. The monoisotopic (exact) mass is 212 g/mol. The maximum Gasteiger partial charge on any atom is 0.0620 e. The van der Waals surface area contributed by atoms with Crippen molar-refractivity contribution in [2.75, 3.05) is 33.4 Å². The van der Waals surface area contributed by atoms with Gasteiger partial charge in [0, 0.05) is 38.3 Å². The first-order valence-electron chi connectivity index (χ1n) is 6.11. The second-order valence-corrected chi connectivity index (χ2v) is 5.54. The van der Waals surface area contributed by atoms with Crippen LogP contribution in [0.15, 0.2) is 0 Å². The molecule has 1 N–H and O–H groups in total. The Labute approximate surface area is 93.2 Å². The van der Waals surface area contributed by atoms with Gasteiger partial charge in [0.05, 0.1) is 6.61 Å². The van der Waals surface area contributed by atoms with Crippen LogP contribution in [0.25, 0.3) is 0 Å². The van der Waals surface area contributed by atoms with Crippen LogP contribution in [0, 0.1) is 5.92 Å². The minimum absolute atomic E-state index is 0.282. The van der Waals surface area contributed by atoms with Crippen molar-refractivity contribution in [2.24, 2.45) is 5.92 Å². The molecule has 3 heteroatoms. The molecular formula is C12H24N2O. The van der Waals surface area contributed by atoms with Gasteiger partial charge in [0.15, 0.2) is 0 Å². The predicted octanol–water partition coefficient (Wildman–Crippen LogP) is 1.10. The van der Waals surface area contributed by atoms with Crippen LogP contribution in [0.3, 0.4) is 0 Å². The van der Waals surface area contributed by atoms with E-state index < -0.39 is 0 Å². The average Bonchev–Trinajstić information content (AvgIpc) is 2.98. The van der Waals surface area contributed by atoms with Crippen LogP contribution >= 0.6 is 0 Å². The van der Waals surface area contributed by atoms with Gasteiger partial charge in [-0.05, 0) is 32.6 Å². The largest absolute Gasteiger partial charge is 0.383 e. The molecule has 1 aliphatic heterocycles. The molecule has 2 aliphatic rings. The minimum Gasteiger partial charge on any atom is -0.383 e. The van der Waals surface area contributed by atoms with Crippen molar-refractivity contribution in [2.45, 2.75) is 38.3 Å². The van der Waals surface area contributed by atoms with E-state index in [1.165, 1.54) is 12.8 Å². The summed E-state index contributed by atoms with van der Waals surface area (Å²) in [5.74, 6) is 0.891. The molecule has 1 heterocycles. The number of nitrogens with one attached hydrogen (secondary N) is 1. The number of methoxy groups -OCH3 is 1. The Bertz CT molecular complexity index is 214. The summed E-state index contributed by atoms with van der Waals surface area (Å²) < 4.78 is 5.39. The molecule has 1 atom stereocenters. The van der Waals surface area contributed by atoms with E-state index in [9.17, 15) is 0 Å². The molecule has 0 amide bonds. The highest BCUT2D eigenvalue weighted by molar-refractivity contribution is 4.97. The van der Waals surface area contributed by atoms with E-state index in [0.717, 1.165) is 32.2 Å². The predicted molar refractivity (Wildman–Crippen MR) is 62.0 cm³/mol. The Hall–Kier alpha value is -0.120. The number of hydrogen-bond donors (Lipinski definition) is 1. The van der Waals surface area contributed by atoms with Crippen molar-refractivity contribution in [1.82, 2.24) is 10.2 Å². The van der Waals surface area contributed by atoms with Crippen LogP contribution in [0.1, 0.15) is 26.7 Å². The zero-order valence-corrected chi connectivity index (χ0v) is 10.3. The molecule has 0 aromatic heterocycles. The fourth-order valence-corrected chi connectivity index (χ4v) is 2.75. The lowest BCUT2D eigenvalue weighted by molar-refractivity contribution is -0.00243. The van der Waals surface area contributed by atoms with Crippen molar-refractivity contribution in [1.29, 1.82) is 0 Å². The lowest BCUT2D eigenvalue weighted by atomic mass is 9.96. The Kier molecular flexibility index (Phi) is 3.33. The highest BCUT2D eigenvalue weighted by Crippen LogP contribution is 2.38. The van der Waals surface area contributed by atoms with Crippen LogP contribution in [-0.2, 0) is 4.74 Å². The van der Waals surface area contributed by atoms with Crippen LogP contribution in [0.2, 0.25) is 0 Å². The van der Waals surface area contributed by atoms with Gasteiger partial charge >= 0.3 is 0 Å². The summed E-state index contributed by atoms with van der Waals surface area (Å²) in [5.41, 5.74) is 0.282. The third kappa shape index (κ3) is 2.52. The highest BCUT2D eigenvalue weighted by atomic mass is 16.5. The Morgan fingerprint density at radius 3 is 2.73 bits per heavy atom. The second kappa shape index (κ2) is 4.40. The first-order chi connectivity index (χ1) is 7.15. The third-order valence-electron chi connectivity index (χ3n) is 3.77. The highest BCUT2D eigenvalue weighted by Gasteiger charge is 2.41. The van der Waals surface area contributed by atoms with E-state index in [1.807, 2.05) is 7.11 Å². The molecule has 1 saturated heterocycles. The lowest BCUT2D eigenvalue weighted by Gasteiger charge is -2.47. The van der Waals surface area contributed by atoms with Crippen molar-refractivity contribution in [3.63, 3.8) is 0 Å². The molecule has 2 rings (SSSR count). The molecule has 1 saturated carbocycles. The number of hydrogen-bond acceptors (Lipinski definition) is 3. The molecule has 0 aromatic carbocycles. The number of rotatable bonds is 4. The molecule has 88 valence electrons. The Morgan fingerprint density at radius 2 is 2.20 bits per heavy atom. The maximum atomic E-state index is 5.39. The summed E-state index contributed by atoms with van der Waals surface area (Å²) in [6, 6.07) is 0.645. The van der Waals surface area contributed by atoms with E-state index in [4.69, 9.17) is 4.74 Å². The van der Waals surface area contributed by atoms with Crippen molar-refractivity contribution >= 4 is 0 Å². The molecule has 1 aliphatic carbocycles. The second-order valence-electron chi connectivity index (χ2n) is 5.54. The Morgan fingerprint density at radius 1 is 1.47 bits per heavy atom. The number of nitrogens with zero attached hydrogens (tertiary/aromatic N) is 1. The summed E-state index contributed by atoms with van der Waals surface area (Å²) in [6.07, 6.45) is 2.79. The Balaban J connectivity index is 2.03. The average molecular weight is 212 g/mol. The summed E-state index contributed by atoms with van der Waals surface area (Å²) in [4.78, 5) is 2.66. The van der Waals surface area contributed by atoms with E-state index in [1.54, 1.807) is 0 Å². The first-order valence-corrected chi connectivity index (χ1v) is 6.11. The minimum atomic E-state index is 0.282. The molecule has 0 bridgehead atoms. The van der Waals surface area contributed by atoms with E-state index in [-0.39, 0.29) is 5.54 Å². The zero-order valence-electron chi connectivity index (χ0n) is 10.3. The first kappa shape index (κ1) is 11.4. The normalized spacial score (nSPS) is 29.0. The standard InChI is InChI=1S/C12H24N2O/c1-12(2)9-13-6-7-14(12)11(8-15-3)10-4-5-10/h10-11,13H,4-9H2,1-3H3. The summed E-state index contributed by atoms with van der Waals surface area (Å²) in [5, 5.41) is 3.48. The van der Waals surface area contributed by atoms with Gasteiger partial charge in [0.1, 0.15) is 0 Å². The van der Waals surface area contributed by atoms with E-state index in [2.05, 4.69) is 24.1 Å². The van der Waals surface area contributed by atoms with Crippen molar-refractivity contribution in [3.05, 3.63) is 0 Å². The van der Waals surface area contributed by atoms with Crippen LogP contribution in [-0.4, -0.2) is 49.8 Å². The van der Waals surface area contributed by atoms with Crippen molar-refractivity contribution < 1.29 is 4.74 Å². The smallest absolute Gasteiger partial charge is 0.0620 e. The summed E-state index contributed by atoms with van der Waals surface area (Å²) in [7, 11) is 1.82. The van der Waals surface area contributed by atoms with Gasteiger partial charge in [-0.2, -0.15) is 0 Å². The molecule has 15 heavy (non-hydrogen) atoms. The molecule has 2 fully saturated rings. The van der Waals surface area contributed by atoms with Crippen LogP contribution < -0.4 is 5.32 Å². The molecule has 3 nitrogen and oxygen atoms in total. The van der Waals surface area contributed by atoms with Crippen molar-refractivity contribution in [3.8, 4) is 0 Å². The zero-order chi connectivity index (χ0) is 10.9. The summed E-state index contributed by atoms with van der Waals surface area (Å²) in [6.45, 7) is 8.95. The van der Waals surface area contributed by atoms with Gasteiger partial charge in [-0.1, -0.05) is 0 Å². The summed E-state index contributed by atoms with van der Waals surface area (Å²) >= 11 is 0. The molecule has 1 unspecified atom stereocenters.